The van der Waals surface area contributed by atoms with Crippen molar-refractivity contribution >= 4 is 29.9 Å². The van der Waals surface area contributed by atoms with Crippen LogP contribution in [0.2, 0.25) is 0 Å². The number of nitrogens with one attached hydrogen (secondary N) is 2. The number of imidazole rings is 1. The van der Waals surface area contributed by atoms with Crippen molar-refractivity contribution in [1.82, 2.24) is 20.2 Å². The summed E-state index contributed by atoms with van der Waals surface area (Å²) in [5.41, 5.74) is 0. The summed E-state index contributed by atoms with van der Waals surface area (Å²) in [4.78, 5) is 8.65. The first-order valence-electron chi connectivity index (χ1n) is 9.52. The molecule has 1 aliphatic heterocycles. The fourth-order valence-corrected chi connectivity index (χ4v) is 2.75. The maximum Gasteiger partial charge on any atom is 0.191 e. The molecule has 1 aliphatic rings. The van der Waals surface area contributed by atoms with Gasteiger partial charge in [0.1, 0.15) is 0 Å². The third kappa shape index (κ3) is 10.3. The normalized spacial score (nSPS) is 15.5. The molecule has 0 amide bonds. The number of rotatable bonds is 11. The van der Waals surface area contributed by atoms with Crippen LogP contribution in [0.15, 0.2) is 23.7 Å². The molecule has 7 nitrogen and oxygen atoms in total. The average molecular weight is 479 g/mol. The third-order valence-electron chi connectivity index (χ3n) is 4.20. The molecule has 0 saturated carbocycles. The van der Waals surface area contributed by atoms with E-state index in [0.29, 0.717) is 5.92 Å². The molecule has 0 spiro atoms. The first-order valence-corrected chi connectivity index (χ1v) is 9.52. The van der Waals surface area contributed by atoms with Crippen LogP contribution in [0.4, 0.5) is 0 Å². The zero-order chi connectivity index (χ0) is 17.6. The van der Waals surface area contributed by atoms with Crippen LogP contribution in [0.25, 0.3) is 0 Å². The predicted octanol–water partition coefficient (Wildman–Crippen LogP) is 2.28. The number of aryl methyl sites for hydroxylation is 1. The van der Waals surface area contributed by atoms with Gasteiger partial charge >= 0.3 is 0 Å². The molecule has 0 unspecified atom stereocenters. The molecule has 26 heavy (non-hydrogen) atoms. The molecule has 0 bridgehead atoms. The second kappa shape index (κ2) is 15.2. The minimum Gasteiger partial charge on any atom is -0.381 e. The molecule has 150 valence electrons. The van der Waals surface area contributed by atoms with Gasteiger partial charge in [-0.3, -0.25) is 4.99 Å². The Morgan fingerprint density at radius 2 is 2.15 bits per heavy atom. The van der Waals surface area contributed by atoms with Crippen molar-refractivity contribution in [1.29, 1.82) is 0 Å². The average Bonchev–Trinajstić information content (AvgIpc) is 3.16. The van der Waals surface area contributed by atoms with Crippen molar-refractivity contribution in [3.63, 3.8) is 0 Å². The van der Waals surface area contributed by atoms with E-state index in [1.165, 1.54) is 0 Å². The van der Waals surface area contributed by atoms with E-state index >= 15 is 0 Å². The van der Waals surface area contributed by atoms with Crippen molar-refractivity contribution in [2.75, 3.05) is 46.1 Å². The third-order valence-corrected chi connectivity index (χ3v) is 4.20. The van der Waals surface area contributed by atoms with Crippen molar-refractivity contribution in [2.24, 2.45) is 10.9 Å². The summed E-state index contributed by atoms with van der Waals surface area (Å²) in [7, 11) is 0. The zero-order valence-corrected chi connectivity index (χ0v) is 18.2. The van der Waals surface area contributed by atoms with Gasteiger partial charge in [-0.05, 0) is 38.5 Å². The van der Waals surface area contributed by atoms with E-state index in [4.69, 9.17) is 9.47 Å². The standard InChI is InChI=1S/C18H33N5O2.HI/c1-2-20-18(21-7-3-10-23-11-9-19-16-23)22-8-4-12-25-15-17-5-13-24-14-6-17;/h9,11,16-17H,2-8,10,12-15H2,1H3,(H2,20,21,22);1H. The highest BCUT2D eigenvalue weighted by atomic mass is 127. The number of ether oxygens (including phenoxy) is 2. The van der Waals surface area contributed by atoms with Crippen LogP contribution < -0.4 is 10.6 Å². The van der Waals surface area contributed by atoms with Crippen LogP contribution in [0.3, 0.4) is 0 Å². The molecule has 1 aromatic rings. The summed E-state index contributed by atoms with van der Waals surface area (Å²) >= 11 is 0. The molecule has 1 fully saturated rings. The van der Waals surface area contributed by atoms with Crippen molar-refractivity contribution in [3.8, 4) is 0 Å². The van der Waals surface area contributed by atoms with Crippen molar-refractivity contribution < 1.29 is 9.47 Å². The van der Waals surface area contributed by atoms with E-state index in [2.05, 4.69) is 32.1 Å². The number of aromatic nitrogens is 2. The lowest BCUT2D eigenvalue weighted by atomic mass is 10.0. The summed E-state index contributed by atoms with van der Waals surface area (Å²) < 4.78 is 13.2. The lowest BCUT2D eigenvalue weighted by Crippen LogP contribution is -2.38. The molecule has 0 aliphatic carbocycles. The molecule has 2 rings (SSSR count). The number of guanidine groups is 1. The van der Waals surface area contributed by atoms with Gasteiger partial charge in [0.2, 0.25) is 0 Å². The zero-order valence-electron chi connectivity index (χ0n) is 15.9. The number of halogens is 1. The van der Waals surface area contributed by atoms with Gasteiger partial charge in [-0.25, -0.2) is 4.98 Å². The topological polar surface area (TPSA) is 72.7 Å². The van der Waals surface area contributed by atoms with E-state index < -0.39 is 0 Å². The molecule has 8 heteroatoms. The van der Waals surface area contributed by atoms with E-state index in [0.717, 1.165) is 84.2 Å². The largest absolute Gasteiger partial charge is 0.381 e. The van der Waals surface area contributed by atoms with Gasteiger partial charge in [0, 0.05) is 65.0 Å². The summed E-state index contributed by atoms with van der Waals surface area (Å²) in [6.45, 7) is 9.01. The molecule has 1 saturated heterocycles. The highest BCUT2D eigenvalue weighted by molar-refractivity contribution is 14.0. The monoisotopic (exact) mass is 479 g/mol. The van der Waals surface area contributed by atoms with E-state index in [1.807, 2.05) is 12.5 Å². The van der Waals surface area contributed by atoms with Crippen LogP contribution >= 0.6 is 24.0 Å². The SMILES string of the molecule is CCNC(=NCCCn1ccnc1)NCCCOCC1CCOCC1.I. The first-order chi connectivity index (χ1) is 12.4. The van der Waals surface area contributed by atoms with Crippen molar-refractivity contribution in [2.45, 2.75) is 39.2 Å². The molecule has 0 aromatic carbocycles. The van der Waals surface area contributed by atoms with Gasteiger partial charge in [0.05, 0.1) is 6.33 Å². The Balaban J connectivity index is 0.00000338. The molecule has 1 aromatic heterocycles. The smallest absolute Gasteiger partial charge is 0.191 e. The highest BCUT2D eigenvalue weighted by Crippen LogP contribution is 2.14. The van der Waals surface area contributed by atoms with E-state index in [1.54, 1.807) is 6.20 Å². The van der Waals surface area contributed by atoms with E-state index in [-0.39, 0.29) is 24.0 Å². The van der Waals surface area contributed by atoms with Gasteiger partial charge in [0.15, 0.2) is 5.96 Å². The summed E-state index contributed by atoms with van der Waals surface area (Å²) in [6.07, 6.45) is 9.88. The number of hydrogen-bond donors (Lipinski definition) is 2. The Bertz CT molecular complexity index is 464. The first kappa shape index (κ1) is 23.2. The van der Waals surface area contributed by atoms with Crippen LogP contribution in [0, 0.1) is 5.92 Å². The summed E-state index contributed by atoms with van der Waals surface area (Å²) in [5, 5.41) is 6.66. The van der Waals surface area contributed by atoms with Gasteiger partial charge in [-0.15, -0.1) is 24.0 Å². The molecular formula is C18H34IN5O2. The molecule has 2 N–H and O–H groups in total. The summed E-state index contributed by atoms with van der Waals surface area (Å²) in [5.74, 6) is 1.56. The Kier molecular flexibility index (Phi) is 13.6. The molecular weight excluding hydrogens is 445 g/mol. The van der Waals surface area contributed by atoms with Gasteiger partial charge in [-0.1, -0.05) is 0 Å². The van der Waals surface area contributed by atoms with Gasteiger partial charge in [0.25, 0.3) is 0 Å². The van der Waals surface area contributed by atoms with Crippen molar-refractivity contribution in [3.05, 3.63) is 18.7 Å². The highest BCUT2D eigenvalue weighted by Gasteiger charge is 2.13. The van der Waals surface area contributed by atoms with Gasteiger partial charge in [-0.2, -0.15) is 0 Å². The number of aliphatic imine (C=N–C) groups is 1. The predicted molar refractivity (Wildman–Crippen MR) is 115 cm³/mol. The second-order valence-electron chi connectivity index (χ2n) is 6.33. The second-order valence-corrected chi connectivity index (χ2v) is 6.33. The fourth-order valence-electron chi connectivity index (χ4n) is 2.75. The summed E-state index contributed by atoms with van der Waals surface area (Å²) in [6, 6.07) is 0. The van der Waals surface area contributed by atoms with Gasteiger partial charge < -0.3 is 24.7 Å². The lowest BCUT2D eigenvalue weighted by molar-refractivity contribution is 0.0203. The van der Waals surface area contributed by atoms with E-state index in [9.17, 15) is 0 Å². The van der Waals surface area contributed by atoms with Crippen LogP contribution in [0.1, 0.15) is 32.6 Å². The van der Waals surface area contributed by atoms with Crippen LogP contribution in [-0.4, -0.2) is 61.6 Å². The maximum absolute atomic E-state index is 5.79. The fraction of sp³-hybridized carbons (Fsp3) is 0.778. The van der Waals surface area contributed by atoms with Crippen LogP contribution in [0.5, 0.6) is 0 Å². The quantitative estimate of drug-likeness (QED) is 0.221. The Morgan fingerprint density at radius 3 is 2.88 bits per heavy atom. The number of hydrogen-bond acceptors (Lipinski definition) is 4. The minimum atomic E-state index is 0. The molecule has 0 radical (unpaired) electrons. The maximum atomic E-state index is 5.79. The Hall–Kier alpha value is -0.870. The molecule has 2 heterocycles. The molecule has 0 atom stereocenters. The lowest BCUT2D eigenvalue weighted by Gasteiger charge is -2.21. The minimum absolute atomic E-state index is 0. The Labute approximate surface area is 174 Å². The van der Waals surface area contributed by atoms with Crippen LogP contribution in [-0.2, 0) is 16.0 Å². The Morgan fingerprint density at radius 1 is 1.31 bits per heavy atom. The number of nitrogens with zero attached hydrogens (tertiary/aromatic N) is 3.